The van der Waals surface area contributed by atoms with Gasteiger partial charge in [-0.15, -0.1) is 0 Å². The monoisotopic (exact) mass is 423 g/mol. The number of fused-ring (bicyclic) bond motifs is 1. The van der Waals surface area contributed by atoms with Gasteiger partial charge in [-0.25, -0.2) is 4.79 Å². The molecule has 9 heteroatoms. The van der Waals surface area contributed by atoms with E-state index in [1.54, 1.807) is 6.07 Å². The number of carbonyl (C=O) groups excluding carboxylic acids is 1. The summed E-state index contributed by atoms with van der Waals surface area (Å²) in [6.07, 6.45) is -2.67. The van der Waals surface area contributed by atoms with E-state index < -0.39 is 23.5 Å². The van der Waals surface area contributed by atoms with Crippen LogP contribution in [0.2, 0.25) is 0 Å². The molecule has 30 heavy (non-hydrogen) atoms. The van der Waals surface area contributed by atoms with Gasteiger partial charge in [0, 0.05) is 36.2 Å². The van der Waals surface area contributed by atoms with Gasteiger partial charge in [0.25, 0.3) is 5.56 Å². The van der Waals surface area contributed by atoms with Gasteiger partial charge in [-0.05, 0) is 56.7 Å². The number of ether oxygens (including phenoxy) is 1. The normalized spacial score (nSPS) is 20.6. The SMILES string of the molecule is Cc1c(N2CC[C@@H]([C@H](C)N)C2)ccc2cc(OC(=O)C(F)(F)F)c(=O)n(C3CC3)c12. The van der Waals surface area contributed by atoms with Crippen molar-refractivity contribution in [2.45, 2.75) is 51.4 Å². The zero-order valence-electron chi connectivity index (χ0n) is 16.8. The summed E-state index contributed by atoms with van der Waals surface area (Å²) in [6.45, 7) is 5.58. The number of anilines is 1. The highest BCUT2D eigenvalue weighted by atomic mass is 19.4. The predicted octanol–water partition coefficient (Wildman–Crippen LogP) is 3.29. The minimum atomic E-state index is -5.17. The van der Waals surface area contributed by atoms with E-state index in [1.165, 1.54) is 10.6 Å². The summed E-state index contributed by atoms with van der Waals surface area (Å²) in [5, 5.41) is 0.565. The molecule has 1 aliphatic heterocycles. The molecule has 0 amide bonds. The Hall–Kier alpha value is -2.55. The van der Waals surface area contributed by atoms with Crippen molar-refractivity contribution in [2.24, 2.45) is 11.7 Å². The van der Waals surface area contributed by atoms with Crippen LogP contribution in [-0.2, 0) is 4.79 Å². The van der Waals surface area contributed by atoms with Crippen LogP contribution in [0.1, 0.15) is 37.8 Å². The quantitative estimate of drug-likeness (QED) is 0.764. The summed E-state index contributed by atoms with van der Waals surface area (Å²) >= 11 is 0. The Bertz CT molecular complexity index is 1060. The molecule has 162 valence electrons. The van der Waals surface area contributed by atoms with Crippen LogP contribution >= 0.6 is 0 Å². The van der Waals surface area contributed by atoms with Crippen LogP contribution in [0.4, 0.5) is 18.9 Å². The van der Waals surface area contributed by atoms with Crippen molar-refractivity contribution in [3.8, 4) is 5.75 Å². The first kappa shape index (κ1) is 20.7. The van der Waals surface area contributed by atoms with Gasteiger partial charge < -0.3 is 19.9 Å². The van der Waals surface area contributed by atoms with Crippen LogP contribution in [0.5, 0.6) is 5.75 Å². The lowest BCUT2D eigenvalue weighted by Gasteiger charge is -2.24. The molecule has 1 saturated heterocycles. The Morgan fingerprint density at radius 1 is 1.27 bits per heavy atom. The first-order chi connectivity index (χ1) is 14.1. The largest absolute Gasteiger partial charge is 0.491 e. The van der Waals surface area contributed by atoms with E-state index in [1.807, 2.05) is 19.9 Å². The van der Waals surface area contributed by atoms with E-state index in [0.29, 0.717) is 16.8 Å². The molecule has 0 radical (unpaired) electrons. The number of nitrogens with two attached hydrogens (primary N) is 1. The van der Waals surface area contributed by atoms with Crippen LogP contribution in [0.3, 0.4) is 0 Å². The smallest absolute Gasteiger partial charge is 0.414 e. The number of hydrogen-bond donors (Lipinski definition) is 1. The van der Waals surface area contributed by atoms with Crippen molar-refractivity contribution in [1.29, 1.82) is 0 Å². The number of alkyl halides is 3. The van der Waals surface area contributed by atoms with Crippen molar-refractivity contribution in [3.05, 3.63) is 34.1 Å². The van der Waals surface area contributed by atoms with E-state index in [9.17, 15) is 22.8 Å². The summed E-state index contributed by atoms with van der Waals surface area (Å²) in [7, 11) is 0. The molecule has 0 bridgehead atoms. The number of benzene rings is 1. The lowest BCUT2D eigenvalue weighted by molar-refractivity contribution is -0.189. The first-order valence-electron chi connectivity index (χ1n) is 10.1. The topological polar surface area (TPSA) is 77.6 Å². The molecule has 0 spiro atoms. The summed E-state index contributed by atoms with van der Waals surface area (Å²) in [5.74, 6) is -2.61. The predicted molar refractivity (Wildman–Crippen MR) is 107 cm³/mol. The molecule has 1 aromatic heterocycles. The molecule has 1 aliphatic carbocycles. The van der Waals surface area contributed by atoms with Crippen molar-refractivity contribution in [3.63, 3.8) is 0 Å². The maximum atomic E-state index is 12.9. The van der Waals surface area contributed by atoms with Crippen LogP contribution in [0, 0.1) is 12.8 Å². The van der Waals surface area contributed by atoms with E-state index in [0.717, 1.165) is 43.6 Å². The molecule has 2 atom stereocenters. The fraction of sp³-hybridized carbons (Fsp3) is 0.524. The molecule has 2 aromatic rings. The number of nitrogens with zero attached hydrogens (tertiary/aromatic N) is 2. The van der Waals surface area contributed by atoms with Gasteiger partial charge in [0.1, 0.15) is 0 Å². The lowest BCUT2D eigenvalue weighted by Crippen LogP contribution is -2.32. The molecular weight excluding hydrogens is 399 g/mol. The van der Waals surface area contributed by atoms with Gasteiger partial charge in [-0.3, -0.25) is 4.79 Å². The highest BCUT2D eigenvalue weighted by molar-refractivity contribution is 5.89. The molecule has 1 saturated carbocycles. The number of halogens is 3. The number of aryl methyl sites for hydroxylation is 1. The average molecular weight is 423 g/mol. The highest BCUT2D eigenvalue weighted by Crippen LogP contribution is 2.40. The van der Waals surface area contributed by atoms with Gasteiger partial charge in [0.2, 0.25) is 0 Å². The summed E-state index contributed by atoms with van der Waals surface area (Å²) in [6, 6.07) is 4.88. The molecule has 2 N–H and O–H groups in total. The summed E-state index contributed by atoms with van der Waals surface area (Å²) in [4.78, 5) is 26.5. The Morgan fingerprint density at radius 3 is 2.53 bits per heavy atom. The fourth-order valence-corrected chi connectivity index (χ4v) is 4.26. The van der Waals surface area contributed by atoms with Gasteiger partial charge in [-0.2, -0.15) is 13.2 Å². The van der Waals surface area contributed by atoms with Crippen molar-refractivity contribution < 1.29 is 22.7 Å². The van der Waals surface area contributed by atoms with E-state index in [4.69, 9.17) is 5.73 Å². The van der Waals surface area contributed by atoms with Gasteiger partial charge in [0.15, 0.2) is 5.75 Å². The number of pyridine rings is 1. The number of rotatable bonds is 4. The van der Waals surface area contributed by atoms with Crippen molar-refractivity contribution >= 4 is 22.6 Å². The molecule has 2 aliphatic rings. The summed E-state index contributed by atoms with van der Waals surface area (Å²) < 4.78 is 43.8. The third-order valence-corrected chi connectivity index (χ3v) is 6.05. The molecule has 0 unspecified atom stereocenters. The highest BCUT2D eigenvalue weighted by Gasteiger charge is 2.42. The van der Waals surface area contributed by atoms with Crippen molar-refractivity contribution in [2.75, 3.05) is 18.0 Å². The first-order valence-corrected chi connectivity index (χ1v) is 10.1. The second kappa shape index (κ2) is 7.30. The summed E-state index contributed by atoms with van der Waals surface area (Å²) in [5.41, 5.74) is 7.89. The Kier molecular flexibility index (Phi) is 5.04. The number of hydrogen-bond acceptors (Lipinski definition) is 5. The van der Waals surface area contributed by atoms with Gasteiger partial charge in [-0.1, -0.05) is 6.07 Å². The third-order valence-electron chi connectivity index (χ3n) is 6.05. The number of aromatic nitrogens is 1. The Labute approximate surface area is 171 Å². The van der Waals surface area contributed by atoms with E-state index in [2.05, 4.69) is 9.64 Å². The fourth-order valence-electron chi connectivity index (χ4n) is 4.26. The zero-order valence-corrected chi connectivity index (χ0v) is 16.8. The maximum Gasteiger partial charge on any atom is 0.491 e. The number of carbonyl (C=O) groups is 1. The minimum absolute atomic E-state index is 0.0892. The molecule has 2 fully saturated rings. The van der Waals surface area contributed by atoms with Gasteiger partial charge in [0.05, 0.1) is 5.52 Å². The minimum Gasteiger partial charge on any atom is -0.414 e. The third kappa shape index (κ3) is 3.66. The van der Waals surface area contributed by atoms with E-state index >= 15 is 0 Å². The zero-order chi connectivity index (χ0) is 21.8. The molecule has 4 rings (SSSR count). The van der Waals surface area contributed by atoms with Gasteiger partial charge >= 0.3 is 12.1 Å². The number of esters is 1. The maximum absolute atomic E-state index is 12.9. The van der Waals surface area contributed by atoms with Crippen molar-refractivity contribution in [1.82, 2.24) is 4.57 Å². The van der Waals surface area contributed by atoms with Crippen LogP contribution in [-0.4, -0.2) is 35.8 Å². The molecular formula is C21H24F3N3O3. The van der Waals surface area contributed by atoms with Crippen LogP contribution < -0.4 is 20.9 Å². The lowest BCUT2D eigenvalue weighted by atomic mass is 10.0. The molecule has 1 aromatic carbocycles. The second-order valence-corrected chi connectivity index (χ2v) is 8.30. The second-order valence-electron chi connectivity index (χ2n) is 8.30. The van der Waals surface area contributed by atoms with Crippen LogP contribution in [0.15, 0.2) is 23.0 Å². The molecule has 6 nitrogen and oxygen atoms in total. The molecule has 2 heterocycles. The average Bonchev–Trinajstić information content (AvgIpc) is 3.37. The van der Waals surface area contributed by atoms with E-state index in [-0.39, 0.29) is 12.1 Å². The standard InChI is InChI=1S/C21H24F3N3O3/c1-11-16(26-8-7-14(10-26)12(2)25)6-3-13-9-17(30-20(29)21(22,23)24)19(28)27(18(11)13)15-4-5-15/h3,6,9,12,14-15H,4-5,7-8,10,25H2,1-2H3/t12-,14+/m0/s1. The van der Waals surface area contributed by atoms with Crippen LogP contribution in [0.25, 0.3) is 10.9 Å². The Morgan fingerprint density at radius 2 is 1.97 bits per heavy atom. The Balaban J connectivity index is 1.80.